The summed E-state index contributed by atoms with van der Waals surface area (Å²) in [5.74, 6) is 1.49. The van der Waals surface area contributed by atoms with Crippen LogP contribution < -0.4 is 4.74 Å². The molecule has 18 heavy (non-hydrogen) atoms. The molecule has 0 radical (unpaired) electrons. The Balaban J connectivity index is 1.92. The number of carbonyl (C=O) groups excluding carboxylic acids is 1. The Kier molecular flexibility index (Phi) is 4.35. The largest absolute Gasteiger partial charge is 0.484 e. The molecule has 6 heteroatoms. The Morgan fingerprint density at radius 3 is 3.00 bits per heavy atom. The van der Waals surface area contributed by atoms with Crippen molar-refractivity contribution in [3.63, 3.8) is 0 Å². The zero-order chi connectivity index (χ0) is 12.8. The lowest BCUT2D eigenvalue weighted by molar-refractivity contribution is -0.105. The van der Waals surface area contributed by atoms with Crippen molar-refractivity contribution in [3.8, 4) is 5.75 Å². The summed E-state index contributed by atoms with van der Waals surface area (Å²) >= 11 is 1.20. The van der Waals surface area contributed by atoms with Gasteiger partial charge < -0.3 is 13.9 Å². The second kappa shape index (κ2) is 6.20. The number of hydrogen-bond donors (Lipinski definition) is 0. The maximum absolute atomic E-state index is 10.2. The summed E-state index contributed by atoms with van der Waals surface area (Å²) < 4.78 is 10.9. The van der Waals surface area contributed by atoms with Gasteiger partial charge in [0.1, 0.15) is 12.0 Å². The first-order valence-corrected chi connectivity index (χ1v) is 6.35. The quantitative estimate of drug-likeness (QED) is 0.589. The molecule has 0 aliphatic carbocycles. The lowest BCUT2D eigenvalue weighted by Crippen LogP contribution is -1.97. The highest BCUT2D eigenvalue weighted by Crippen LogP contribution is 2.19. The average Bonchev–Trinajstić information content (AvgIpc) is 2.83. The van der Waals surface area contributed by atoms with Crippen LogP contribution in [0.4, 0.5) is 0 Å². The van der Waals surface area contributed by atoms with Gasteiger partial charge in [-0.1, -0.05) is 30.0 Å². The normalized spacial score (nSPS) is 10.3. The number of aryl methyl sites for hydroxylation is 1. The van der Waals surface area contributed by atoms with Crippen LogP contribution in [0, 0.1) is 6.92 Å². The first-order chi connectivity index (χ1) is 8.79. The molecule has 2 aromatic rings. The number of rotatable bonds is 6. The van der Waals surface area contributed by atoms with E-state index >= 15 is 0 Å². The van der Waals surface area contributed by atoms with Crippen LogP contribution >= 0.6 is 11.8 Å². The third kappa shape index (κ3) is 3.33. The Labute approximate surface area is 109 Å². The fourth-order valence-corrected chi connectivity index (χ4v) is 1.78. The molecule has 0 saturated carbocycles. The minimum Gasteiger partial charge on any atom is -0.484 e. The topological polar surface area (TPSA) is 65.2 Å². The van der Waals surface area contributed by atoms with Gasteiger partial charge >= 0.3 is 0 Å². The molecule has 1 aromatic carbocycles. The standard InChI is InChI=1S/C12H12N2O3S/c1-9-4-2-3-5-10(9)16-8-11-13-14-12(17-11)18-7-6-15/h2-6H,7-8H2,1H3. The van der Waals surface area contributed by atoms with Gasteiger partial charge in [0.15, 0.2) is 6.61 Å². The summed E-state index contributed by atoms with van der Waals surface area (Å²) in [6, 6.07) is 7.70. The van der Waals surface area contributed by atoms with Crippen molar-refractivity contribution in [2.45, 2.75) is 18.8 Å². The fraction of sp³-hybridized carbons (Fsp3) is 0.250. The molecule has 94 valence electrons. The Hall–Kier alpha value is -1.82. The van der Waals surface area contributed by atoms with Crippen molar-refractivity contribution < 1.29 is 13.9 Å². The second-order valence-electron chi connectivity index (χ2n) is 3.49. The smallest absolute Gasteiger partial charge is 0.277 e. The van der Waals surface area contributed by atoms with Gasteiger partial charge in [0.25, 0.3) is 11.1 Å². The van der Waals surface area contributed by atoms with E-state index in [0.717, 1.165) is 17.6 Å². The number of aldehydes is 1. The summed E-state index contributed by atoms with van der Waals surface area (Å²) in [4.78, 5) is 10.2. The van der Waals surface area contributed by atoms with Gasteiger partial charge in [-0.2, -0.15) is 0 Å². The fourth-order valence-electron chi connectivity index (χ4n) is 1.32. The van der Waals surface area contributed by atoms with E-state index in [0.29, 0.717) is 16.9 Å². The monoisotopic (exact) mass is 264 g/mol. The lowest BCUT2D eigenvalue weighted by Gasteiger charge is -2.05. The summed E-state index contributed by atoms with van der Waals surface area (Å²) in [5.41, 5.74) is 1.05. The number of aromatic nitrogens is 2. The average molecular weight is 264 g/mol. The van der Waals surface area contributed by atoms with Gasteiger partial charge in [-0.25, -0.2) is 0 Å². The molecule has 2 rings (SSSR count). The van der Waals surface area contributed by atoms with E-state index in [1.165, 1.54) is 11.8 Å². The maximum Gasteiger partial charge on any atom is 0.277 e. The van der Waals surface area contributed by atoms with E-state index in [4.69, 9.17) is 9.15 Å². The van der Waals surface area contributed by atoms with Crippen LogP contribution in [-0.2, 0) is 11.4 Å². The van der Waals surface area contributed by atoms with Gasteiger partial charge in [-0.3, -0.25) is 0 Å². The van der Waals surface area contributed by atoms with Crippen molar-refractivity contribution in [1.82, 2.24) is 10.2 Å². The van der Waals surface area contributed by atoms with E-state index in [9.17, 15) is 4.79 Å². The van der Waals surface area contributed by atoms with Crippen LogP contribution in [0.3, 0.4) is 0 Å². The Morgan fingerprint density at radius 1 is 1.39 bits per heavy atom. The van der Waals surface area contributed by atoms with E-state index < -0.39 is 0 Å². The third-order valence-electron chi connectivity index (χ3n) is 2.17. The summed E-state index contributed by atoms with van der Waals surface area (Å²) in [5, 5.41) is 8.01. The minimum absolute atomic E-state index is 0.222. The first kappa shape index (κ1) is 12.6. The summed E-state index contributed by atoms with van der Waals surface area (Å²) in [7, 11) is 0. The number of thioether (sulfide) groups is 1. The number of hydrogen-bond acceptors (Lipinski definition) is 6. The van der Waals surface area contributed by atoms with Crippen molar-refractivity contribution in [3.05, 3.63) is 35.7 Å². The Bertz CT molecular complexity index is 528. The molecule has 0 aliphatic rings. The van der Waals surface area contributed by atoms with E-state index in [-0.39, 0.29) is 6.61 Å². The molecule has 0 bridgehead atoms. The summed E-state index contributed by atoms with van der Waals surface area (Å²) in [6.45, 7) is 2.19. The molecule has 1 aromatic heterocycles. The van der Waals surface area contributed by atoms with Crippen LogP contribution in [0.5, 0.6) is 5.75 Å². The molecule has 0 atom stereocenters. The zero-order valence-electron chi connectivity index (χ0n) is 9.83. The molecule has 0 aliphatic heterocycles. The second-order valence-corrected chi connectivity index (χ2v) is 4.46. The van der Waals surface area contributed by atoms with Crippen LogP contribution in [-0.4, -0.2) is 22.2 Å². The van der Waals surface area contributed by atoms with Crippen molar-refractivity contribution in [2.75, 3.05) is 5.75 Å². The van der Waals surface area contributed by atoms with Gasteiger partial charge in [0.2, 0.25) is 0 Å². The number of nitrogens with zero attached hydrogens (tertiary/aromatic N) is 2. The molecule has 0 saturated heterocycles. The maximum atomic E-state index is 10.2. The predicted octanol–water partition coefficient (Wildman–Crippen LogP) is 2.25. The van der Waals surface area contributed by atoms with Crippen molar-refractivity contribution >= 4 is 18.0 Å². The molecule has 0 spiro atoms. The Morgan fingerprint density at radius 2 is 2.22 bits per heavy atom. The number of carbonyl (C=O) groups is 1. The van der Waals surface area contributed by atoms with E-state index in [1.807, 2.05) is 31.2 Å². The molecular weight excluding hydrogens is 252 g/mol. The highest BCUT2D eigenvalue weighted by molar-refractivity contribution is 7.99. The predicted molar refractivity (Wildman–Crippen MR) is 66.6 cm³/mol. The van der Waals surface area contributed by atoms with Gasteiger partial charge in [-0.05, 0) is 18.6 Å². The molecule has 5 nitrogen and oxygen atoms in total. The van der Waals surface area contributed by atoms with Crippen LogP contribution in [0.15, 0.2) is 33.9 Å². The van der Waals surface area contributed by atoms with E-state index in [2.05, 4.69) is 10.2 Å². The SMILES string of the molecule is Cc1ccccc1OCc1nnc(SCC=O)o1. The van der Waals surface area contributed by atoms with Gasteiger partial charge in [0.05, 0.1) is 5.75 Å². The first-order valence-electron chi connectivity index (χ1n) is 5.37. The molecule has 0 unspecified atom stereocenters. The number of para-hydroxylation sites is 1. The van der Waals surface area contributed by atoms with Crippen LogP contribution in [0.2, 0.25) is 0 Å². The number of benzene rings is 1. The lowest BCUT2D eigenvalue weighted by atomic mass is 10.2. The van der Waals surface area contributed by atoms with Gasteiger partial charge in [0, 0.05) is 0 Å². The van der Waals surface area contributed by atoms with Crippen molar-refractivity contribution in [1.29, 1.82) is 0 Å². The highest BCUT2D eigenvalue weighted by atomic mass is 32.2. The van der Waals surface area contributed by atoms with Gasteiger partial charge in [-0.15, -0.1) is 10.2 Å². The molecule has 0 fully saturated rings. The summed E-state index contributed by atoms with van der Waals surface area (Å²) in [6.07, 6.45) is 0.790. The molecular formula is C12H12N2O3S. The molecule has 0 amide bonds. The van der Waals surface area contributed by atoms with Crippen LogP contribution in [0.25, 0.3) is 0 Å². The van der Waals surface area contributed by atoms with Crippen molar-refractivity contribution in [2.24, 2.45) is 0 Å². The minimum atomic E-state index is 0.222. The molecule has 0 N–H and O–H groups in total. The zero-order valence-corrected chi connectivity index (χ0v) is 10.6. The van der Waals surface area contributed by atoms with E-state index in [1.54, 1.807) is 0 Å². The number of ether oxygens (including phenoxy) is 1. The molecule has 1 heterocycles. The highest BCUT2D eigenvalue weighted by Gasteiger charge is 2.07. The third-order valence-corrected chi connectivity index (χ3v) is 2.88. The van der Waals surface area contributed by atoms with Crippen LogP contribution in [0.1, 0.15) is 11.5 Å².